The molecule has 5 heteroatoms. The van der Waals surface area contributed by atoms with Crippen molar-refractivity contribution in [2.75, 3.05) is 25.9 Å². The molecule has 0 aliphatic heterocycles. The van der Waals surface area contributed by atoms with E-state index in [2.05, 4.69) is 18.7 Å². The fraction of sp³-hybridized carbons (Fsp3) is 1.00. The summed E-state index contributed by atoms with van der Waals surface area (Å²) in [6.07, 6.45) is 3.82. The molecule has 0 aromatic carbocycles. The minimum atomic E-state index is -3.03. The molecule has 0 radical (unpaired) electrons. The zero-order valence-corrected chi connectivity index (χ0v) is 11.6. The summed E-state index contributed by atoms with van der Waals surface area (Å²) >= 11 is 0. The van der Waals surface area contributed by atoms with E-state index in [4.69, 9.17) is 0 Å². The predicted molar refractivity (Wildman–Crippen MR) is 67.0 cm³/mol. The van der Waals surface area contributed by atoms with Crippen molar-refractivity contribution in [1.82, 2.24) is 9.21 Å². The third-order valence-corrected chi connectivity index (χ3v) is 4.49. The van der Waals surface area contributed by atoms with Crippen LogP contribution in [-0.2, 0) is 10.0 Å². The van der Waals surface area contributed by atoms with Gasteiger partial charge in [-0.3, -0.25) is 4.90 Å². The van der Waals surface area contributed by atoms with Crippen LogP contribution in [0.1, 0.15) is 33.6 Å². The van der Waals surface area contributed by atoms with Gasteiger partial charge in [0, 0.05) is 31.7 Å². The van der Waals surface area contributed by atoms with Crippen LogP contribution in [0.3, 0.4) is 0 Å². The van der Waals surface area contributed by atoms with E-state index in [0.29, 0.717) is 25.2 Å². The van der Waals surface area contributed by atoms with Crippen LogP contribution in [-0.4, -0.2) is 55.6 Å². The van der Waals surface area contributed by atoms with Gasteiger partial charge >= 0.3 is 0 Å². The summed E-state index contributed by atoms with van der Waals surface area (Å²) in [6.45, 7) is 8.27. The average molecular weight is 248 g/mol. The number of rotatable bonds is 7. The quantitative estimate of drug-likeness (QED) is 0.678. The molecule has 0 spiro atoms. The first-order chi connectivity index (χ1) is 7.36. The average Bonchev–Trinajstić information content (AvgIpc) is 2.93. The highest BCUT2D eigenvalue weighted by Crippen LogP contribution is 2.28. The molecule has 0 unspecified atom stereocenters. The summed E-state index contributed by atoms with van der Waals surface area (Å²) in [5.41, 5.74) is 0. The van der Waals surface area contributed by atoms with E-state index >= 15 is 0 Å². The Morgan fingerprint density at radius 2 is 1.81 bits per heavy atom. The third kappa shape index (κ3) is 4.03. The molecule has 0 heterocycles. The molecule has 1 aliphatic carbocycles. The van der Waals surface area contributed by atoms with Crippen molar-refractivity contribution in [3.8, 4) is 0 Å². The molecule has 96 valence electrons. The van der Waals surface area contributed by atoms with E-state index in [1.807, 2.05) is 6.92 Å². The lowest BCUT2D eigenvalue weighted by atomic mass is 10.3. The Balaban J connectivity index is 2.47. The second-order valence-corrected chi connectivity index (χ2v) is 6.80. The van der Waals surface area contributed by atoms with E-state index in [1.54, 1.807) is 4.31 Å². The van der Waals surface area contributed by atoms with Crippen molar-refractivity contribution < 1.29 is 8.42 Å². The number of likely N-dealkylation sites (N-methyl/N-ethyl adjacent to an activating group) is 1. The van der Waals surface area contributed by atoms with E-state index in [0.717, 1.165) is 6.54 Å². The highest BCUT2D eigenvalue weighted by atomic mass is 32.2. The molecule has 0 N–H and O–H groups in total. The smallest absolute Gasteiger partial charge is 0.211 e. The topological polar surface area (TPSA) is 40.6 Å². The molecule has 0 bridgehead atoms. The van der Waals surface area contributed by atoms with Gasteiger partial charge in [-0.25, -0.2) is 12.7 Å². The van der Waals surface area contributed by atoms with Crippen molar-refractivity contribution in [1.29, 1.82) is 0 Å². The van der Waals surface area contributed by atoms with Gasteiger partial charge in [0.15, 0.2) is 0 Å². The maximum absolute atomic E-state index is 11.4. The molecule has 0 aromatic heterocycles. The highest BCUT2D eigenvalue weighted by molar-refractivity contribution is 7.88. The van der Waals surface area contributed by atoms with Crippen LogP contribution in [0.2, 0.25) is 0 Å². The van der Waals surface area contributed by atoms with Crippen LogP contribution in [0.15, 0.2) is 0 Å². The van der Waals surface area contributed by atoms with Gasteiger partial charge in [-0.15, -0.1) is 0 Å². The fourth-order valence-corrected chi connectivity index (χ4v) is 2.94. The van der Waals surface area contributed by atoms with Gasteiger partial charge in [0.05, 0.1) is 6.26 Å². The van der Waals surface area contributed by atoms with Crippen molar-refractivity contribution >= 4 is 10.0 Å². The molecule has 0 amide bonds. The van der Waals surface area contributed by atoms with Crippen molar-refractivity contribution in [3.05, 3.63) is 0 Å². The minimum absolute atomic E-state index is 0.505. The summed E-state index contributed by atoms with van der Waals surface area (Å²) in [5, 5.41) is 0. The van der Waals surface area contributed by atoms with Crippen molar-refractivity contribution in [2.45, 2.75) is 45.7 Å². The van der Waals surface area contributed by atoms with E-state index < -0.39 is 10.0 Å². The lowest BCUT2D eigenvalue weighted by Crippen LogP contribution is -2.41. The number of nitrogens with zero attached hydrogens (tertiary/aromatic N) is 2. The first kappa shape index (κ1) is 13.9. The molecule has 1 aliphatic rings. The highest BCUT2D eigenvalue weighted by Gasteiger charge is 2.31. The summed E-state index contributed by atoms with van der Waals surface area (Å²) in [5.74, 6) is 0. The maximum atomic E-state index is 11.4. The van der Waals surface area contributed by atoms with Gasteiger partial charge in [-0.05, 0) is 26.7 Å². The number of hydrogen-bond donors (Lipinski definition) is 0. The Labute approximate surface area is 99.7 Å². The normalized spacial score (nSPS) is 17.7. The fourth-order valence-electron chi connectivity index (χ4n) is 2.05. The SMILES string of the molecule is CCN(CCN(C(C)C)C1CC1)S(C)(=O)=O. The molecule has 16 heavy (non-hydrogen) atoms. The molecule has 0 aromatic rings. The van der Waals surface area contributed by atoms with Gasteiger partial charge < -0.3 is 0 Å². The summed E-state index contributed by atoms with van der Waals surface area (Å²) in [4.78, 5) is 2.41. The predicted octanol–water partition coefficient (Wildman–Crippen LogP) is 1.14. The van der Waals surface area contributed by atoms with E-state index in [-0.39, 0.29) is 0 Å². The Bertz CT molecular complexity index is 308. The van der Waals surface area contributed by atoms with Gasteiger partial charge in [-0.1, -0.05) is 6.92 Å². The molecule has 4 nitrogen and oxygen atoms in total. The van der Waals surface area contributed by atoms with Gasteiger partial charge in [0.25, 0.3) is 0 Å². The second kappa shape index (κ2) is 5.47. The number of hydrogen-bond acceptors (Lipinski definition) is 3. The third-order valence-electron chi connectivity index (χ3n) is 3.11. The maximum Gasteiger partial charge on any atom is 0.211 e. The molecule has 1 saturated carbocycles. The monoisotopic (exact) mass is 248 g/mol. The molecular formula is C11H24N2O2S. The standard InChI is InChI=1S/C11H24N2O2S/c1-5-12(16(4,14)15)8-9-13(10(2)3)11-6-7-11/h10-11H,5-9H2,1-4H3. The molecule has 1 fully saturated rings. The summed E-state index contributed by atoms with van der Waals surface area (Å²) in [6, 6.07) is 1.20. The van der Waals surface area contributed by atoms with Gasteiger partial charge in [0.2, 0.25) is 10.0 Å². The van der Waals surface area contributed by atoms with Crippen LogP contribution >= 0.6 is 0 Å². The van der Waals surface area contributed by atoms with Crippen molar-refractivity contribution in [3.63, 3.8) is 0 Å². The first-order valence-corrected chi connectivity index (χ1v) is 7.92. The minimum Gasteiger partial charge on any atom is -0.297 e. The van der Waals surface area contributed by atoms with E-state index in [1.165, 1.54) is 19.1 Å². The van der Waals surface area contributed by atoms with Crippen LogP contribution in [0.4, 0.5) is 0 Å². The Morgan fingerprint density at radius 3 is 2.12 bits per heavy atom. The van der Waals surface area contributed by atoms with Gasteiger partial charge in [0.1, 0.15) is 0 Å². The molecule has 0 saturated heterocycles. The van der Waals surface area contributed by atoms with Gasteiger partial charge in [-0.2, -0.15) is 0 Å². The zero-order chi connectivity index (χ0) is 12.3. The van der Waals surface area contributed by atoms with E-state index in [9.17, 15) is 8.42 Å². The van der Waals surface area contributed by atoms with Crippen LogP contribution < -0.4 is 0 Å². The van der Waals surface area contributed by atoms with Crippen molar-refractivity contribution in [2.24, 2.45) is 0 Å². The second-order valence-electron chi connectivity index (χ2n) is 4.82. The largest absolute Gasteiger partial charge is 0.297 e. The van der Waals surface area contributed by atoms with Crippen LogP contribution in [0.25, 0.3) is 0 Å². The summed E-state index contributed by atoms with van der Waals surface area (Å²) in [7, 11) is -3.03. The van der Waals surface area contributed by atoms with Crippen LogP contribution in [0.5, 0.6) is 0 Å². The first-order valence-electron chi connectivity index (χ1n) is 6.07. The molecule has 0 atom stereocenters. The Morgan fingerprint density at radius 1 is 1.25 bits per heavy atom. The lowest BCUT2D eigenvalue weighted by molar-refractivity contribution is 0.197. The molecular weight excluding hydrogens is 224 g/mol. The Kier molecular flexibility index (Phi) is 4.76. The summed E-state index contributed by atoms with van der Waals surface area (Å²) < 4.78 is 24.4. The zero-order valence-electron chi connectivity index (χ0n) is 10.8. The van der Waals surface area contributed by atoms with Crippen LogP contribution in [0, 0.1) is 0 Å². The molecule has 1 rings (SSSR count). The lowest BCUT2D eigenvalue weighted by Gasteiger charge is -2.28. The Hall–Kier alpha value is -0.130. The number of sulfonamides is 1.